The lowest BCUT2D eigenvalue weighted by atomic mass is 10.2. The van der Waals surface area contributed by atoms with Gasteiger partial charge in [-0.2, -0.15) is 0 Å². The van der Waals surface area contributed by atoms with Crippen molar-refractivity contribution in [3.8, 4) is 11.5 Å². The number of fused-ring (bicyclic) bond motifs is 1. The Kier molecular flexibility index (Phi) is 4.23. The summed E-state index contributed by atoms with van der Waals surface area (Å²) in [5.74, 6) is 1.38. The highest BCUT2D eigenvalue weighted by Gasteiger charge is 2.33. The van der Waals surface area contributed by atoms with Crippen LogP contribution >= 0.6 is 0 Å². The summed E-state index contributed by atoms with van der Waals surface area (Å²) in [5.41, 5.74) is 2.11. The number of rotatable bonds is 3. The quantitative estimate of drug-likeness (QED) is 0.653. The van der Waals surface area contributed by atoms with Gasteiger partial charge in [-0.05, 0) is 44.4 Å². The smallest absolute Gasteiger partial charge is 0.274 e. The molecular formula is C20H22N4O4S. The van der Waals surface area contributed by atoms with Crippen molar-refractivity contribution in [1.82, 2.24) is 19.4 Å². The van der Waals surface area contributed by atoms with Gasteiger partial charge in [-0.3, -0.25) is 4.79 Å². The normalized spacial score (nSPS) is 21.3. The number of hydrogen-bond donors (Lipinski definition) is 0. The fourth-order valence-corrected chi connectivity index (χ4v) is 6.12. The number of hydrogen-bond acceptors (Lipinski definition) is 6. The highest BCUT2D eigenvalue weighted by atomic mass is 32.2. The number of carbonyl (C=O) groups is 1. The molecule has 8 nitrogen and oxygen atoms in total. The Balaban J connectivity index is 1.71. The molecule has 2 saturated heterocycles. The number of imidazole rings is 1. The highest BCUT2D eigenvalue weighted by Crippen LogP contribution is 2.33. The second-order valence-electron chi connectivity index (χ2n) is 7.79. The molecule has 1 unspecified atom stereocenters. The van der Waals surface area contributed by atoms with E-state index in [9.17, 15) is 13.2 Å². The average molecular weight is 414 g/mol. The Hall–Kier alpha value is -2.68. The molecule has 9 heteroatoms. The summed E-state index contributed by atoms with van der Waals surface area (Å²) in [5, 5.41) is 0. The predicted molar refractivity (Wildman–Crippen MR) is 107 cm³/mol. The number of amides is 1. The van der Waals surface area contributed by atoms with E-state index in [1.165, 1.54) is 0 Å². The first kappa shape index (κ1) is 18.4. The van der Waals surface area contributed by atoms with Gasteiger partial charge in [0, 0.05) is 13.1 Å². The highest BCUT2D eigenvalue weighted by molar-refractivity contribution is 7.91. The Morgan fingerprint density at radius 2 is 2.03 bits per heavy atom. The van der Waals surface area contributed by atoms with Crippen molar-refractivity contribution in [3.63, 3.8) is 0 Å². The molecule has 0 radical (unpaired) electrons. The van der Waals surface area contributed by atoms with E-state index in [0.29, 0.717) is 48.0 Å². The van der Waals surface area contributed by atoms with Crippen LogP contribution in [0, 0.1) is 6.92 Å². The zero-order valence-corrected chi connectivity index (χ0v) is 17.0. The van der Waals surface area contributed by atoms with Gasteiger partial charge in [-0.25, -0.2) is 18.4 Å². The molecule has 0 aromatic carbocycles. The van der Waals surface area contributed by atoms with Crippen molar-refractivity contribution in [3.05, 3.63) is 36.0 Å². The van der Waals surface area contributed by atoms with Crippen LogP contribution in [0.5, 0.6) is 0 Å². The maximum Gasteiger partial charge on any atom is 0.274 e. The second kappa shape index (κ2) is 6.69. The summed E-state index contributed by atoms with van der Waals surface area (Å²) in [4.78, 5) is 24.3. The third kappa shape index (κ3) is 3.13. The molecule has 5 rings (SSSR count). The standard InChI is InChI=1S/C20H22N4O4S/c1-13-21-18-16(24(13)14-6-10-29(26,27)12-14)11-15(17-5-4-9-28-17)22-19(18)20(25)23-7-2-3-8-23/h4-5,9,11,14H,2-3,6-8,10,12H2,1H3. The SMILES string of the molecule is Cc1nc2c(C(=O)N3CCCC3)nc(-c3ccco3)cc2n1C1CCS(=O)(=O)C1. The maximum atomic E-state index is 13.2. The van der Waals surface area contributed by atoms with Gasteiger partial charge in [0.2, 0.25) is 0 Å². The largest absolute Gasteiger partial charge is 0.463 e. The molecule has 3 aromatic heterocycles. The lowest BCUT2D eigenvalue weighted by molar-refractivity contribution is 0.0789. The Morgan fingerprint density at radius 1 is 1.24 bits per heavy atom. The van der Waals surface area contributed by atoms with E-state index in [-0.39, 0.29) is 23.5 Å². The van der Waals surface area contributed by atoms with Crippen molar-refractivity contribution >= 4 is 26.8 Å². The van der Waals surface area contributed by atoms with Crippen molar-refractivity contribution in [2.45, 2.75) is 32.2 Å². The van der Waals surface area contributed by atoms with Gasteiger partial charge >= 0.3 is 0 Å². The molecule has 0 spiro atoms. The van der Waals surface area contributed by atoms with Gasteiger partial charge < -0.3 is 13.9 Å². The van der Waals surface area contributed by atoms with Gasteiger partial charge in [0.25, 0.3) is 5.91 Å². The van der Waals surface area contributed by atoms with Gasteiger partial charge in [0.1, 0.15) is 17.0 Å². The zero-order chi connectivity index (χ0) is 20.2. The minimum Gasteiger partial charge on any atom is -0.463 e. The van der Waals surface area contributed by atoms with Crippen LogP contribution in [0.15, 0.2) is 28.9 Å². The second-order valence-corrected chi connectivity index (χ2v) is 10.0. The monoisotopic (exact) mass is 414 g/mol. The summed E-state index contributed by atoms with van der Waals surface area (Å²) >= 11 is 0. The van der Waals surface area contributed by atoms with E-state index in [0.717, 1.165) is 18.4 Å². The summed E-state index contributed by atoms with van der Waals surface area (Å²) in [7, 11) is -3.06. The van der Waals surface area contributed by atoms with E-state index < -0.39 is 9.84 Å². The molecule has 2 aliphatic heterocycles. The summed E-state index contributed by atoms with van der Waals surface area (Å²) in [6.07, 6.45) is 4.08. The van der Waals surface area contributed by atoms with Crippen LogP contribution in [0.2, 0.25) is 0 Å². The summed E-state index contributed by atoms with van der Waals surface area (Å²) in [6, 6.07) is 5.23. The Labute approximate surface area is 168 Å². The van der Waals surface area contributed by atoms with Gasteiger partial charge in [0.05, 0.1) is 29.3 Å². The number of likely N-dealkylation sites (tertiary alicyclic amines) is 1. The van der Waals surface area contributed by atoms with Crippen molar-refractivity contribution < 1.29 is 17.6 Å². The number of aromatic nitrogens is 3. The Morgan fingerprint density at radius 3 is 2.69 bits per heavy atom. The van der Waals surface area contributed by atoms with Gasteiger partial charge in [-0.1, -0.05) is 0 Å². The average Bonchev–Trinajstić information content (AvgIpc) is 3.46. The third-order valence-electron chi connectivity index (χ3n) is 5.80. The van der Waals surface area contributed by atoms with Crippen LogP contribution < -0.4 is 0 Å². The molecule has 0 N–H and O–H groups in total. The number of furan rings is 1. The molecule has 29 heavy (non-hydrogen) atoms. The topological polar surface area (TPSA) is 98.3 Å². The Bertz CT molecular complexity index is 1190. The van der Waals surface area contributed by atoms with Crippen molar-refractivity contribution in [1.29, 1.82) is 0 Å². The number of aryl methyl sites for hydroxylation is 1. The van der Waals surface area contributed by atoms with Crippen molar-refractivity contribution in [2.75, 3.05) is 24.6 Å². The molecule has 2 aliphatic rings. The van der Waals surface area contributed by atoms with E-state index in [1.54, 1.807) is 18.4 Å². The molecule has 1 amide bonds. The van der Waals surface area contributed by atoms with E-state index in [4.69, 9.17) is 4.42 Å². The summed E-state index contributed by atoms with van der Waals surface area (Å²) < 4.78 is 31.6. The van der Waals surface area contributed by atoms with Crippen LogP contribution in [0.4, 0.5) is 0 Å². The minimum absolute atomic E-state index is 0.0904. The van der Waals surface area contributed by atoms with E-state index in [1.807, 2.05) is 22.5 Å². The predicted octanol–water partition coefficient (Wildman–Crippen LogP) is 2.60. The van der Waals surface area contributed by atoms with Gasteiger partial charge in [-0.15, -0.1) is 0 Å². The van der Waals surface area contributed by atoms with Crippen LogP contribution in [0.3, 0.4) is 0 Å². The van der Waals surface area contributed by atoms with Crippen LogP contribution in [0.1, 0.15) is 41.6 Å². The molecule has 1 atom stereocenters. The fraction of sp³-hybridized carbons (Fsp3) is 0.450. The number of carbonyl (C=O) groups excluding carboxylic acids is 1. The molecule has 2 fully saturated rings. The molecule has 3 aromatic rings. The number of sulfone groups is 1. The summed E-state index contributed by atoms with van der Waals surface area (Å²) in [6.45, 7) is 3.28. The fourth-order valence-electron chi connectivity index (χ4n) is 4.42. The van der Waals surface area contributed by atoms with Crippen LogP contribution in [0.25, 0.3) is 22.5 Å². The number of nitrogens with zero attached hydrogens (tertiary/aromatic N) is 4. The molecule has 0 saturated carbocycles. The molecule has 0 bridgehead atoms. The first-order valence-electron chi connectivity index (χ1n) is 9.86. The van der Waals surface area contributed by atoms with Crippen molar-refractivity contribution in [2.24, 2.45) is 0 Å². The molecule has 152 valence electrons. The molecule has 0 aliphatic carbocycles. The zero-order valence-electron chi connectivity index (χ0n) is 16.2. The third-order valence-corrected chi connectivity index (χ3v) is 7.55. The molecule has 5 heterocycles. The first-order chi connectivity index (χ1) is 13.9. The van der Waals surface area contributed by atoms with E-state index in [2.05, 4.69) is 9.97 Å². The number of pyridine rings is 1. The van der Waals surface area contributed by atoms with Crippen LogP contribution in [-0.4, -0.2) is 58.4 Å². The first-order valence-corrected chi connectivity index (χ1v) is 11.7. The lowest BCUT2D eigenvalue weighted by Crippen LogP contribution is -2.28. The van der Waals surface area contributed by atoms with E-state index >= 15 is 0 Å². The van der Waals surface area contributed by atoms with Crippen LogP contribution in [-0.2, 0) is 9.84 Å². The maximum absolute atomic E-state index is 13.2. The molecular weight excluding hydrogens is 392 g/mol. The lowest BCUT2D eigenvalue weighted by Gasteiger charge is -2.16. The minimum atomic E-state index is -3.06. The van der Waals surface area contributed by atoms with Gasteiger partial charge in [0.15, 0.2) is 21.3 Å².